The molecule has 1 aromatic carbocycles. The van der Waals surface area contributed by atoms with Crippen molar-refractivity contribution < 1.29 is 10.0 Å². The second kappa shape index (κ2) is 6.35. The van der Waals surface area contributed by atoms with Crippen molar-refractivity contribution in [2.24, 2.45) is 5.41 Å². The average molecular weight is 252 g/mol. The molecule has 100 valence electrons. The van der Waals surface area contributed by atoms with Crippen LogP contribution in [-0.2, 0) is 0 Å². The van der Waals surface area contributed by atoms with Crippen LogP contribution in [0.2, 0.25) is 0 Å². The van der Waals surface area contributed by atoms with Crippen molar-refractivity contribution in [1.29, 1.82) is 0 Å². The number of nitrogens with one attached hydrogen (secondary N) is 1. The smallest absolute Gasteiger partial charge is 0.269 e. The lowest BCUT2D eigenvalue weighted by molar-refractivity contribution is -0.384. The predicted octanol–water partition coefficient (Wildman–Crippen LogP) is 2.81. The van der Waals surface area contributed by atoms with E-state index in [1.54, 1.807) is 12.1 Å². The minimum Gasteiger partial charge on any atom is -0.396 e. The Morgan fingerprint density at radius 2 is 1.94 bits per heavy atom. The first-order valence-electron chi connectivity index (χ1n) is 6.04. The Kier molecular flexibility index (Phi) is 5.09. The van der Waals surface area contributed by atoms with Crippen molar-refractivity contribution in [1.82, 2.24) is 0 Å². The zero-order valence-electron chi connectivity index (χ0n) is 10.8. The van der Waals surface area contributed by atoms with Gasteiger partial charge in [-0.25, -0.2) is 0 Å². The number of benzene rings is 1. The summed E-state index contributed by atoms with van der Waals surface area (Å²) in [6, 6.07) is 6.40. The Bertz CT molecular complexity index is 388. The Labute approximate surface area is 107 Å². The number of aliphatic hydroxyl groups is 1. The molecule has 0 spiro atoms. The SMILES string of the molecule is CC(C)(CCCO)CNc1ccc([N+](=O)[O-])cc1. The van der Waals surface area contributed by atoms with Gasteiger partial charge in [0.15, 0.2) is 0 Å². The van der Waals surface area contributed by atoms with E-state index >= 15 is 0 Å². The van der Waals surface area contributed by atoms with Gasteiger partial charge in [-0.2, -0.15) is 0 Å². The molecule has 0 aliphatic rings. The van der Waals surface area contributed by atoms with Crippen LogP contribution in [0, 0.1) is 15.5 Å². The van der Waals surface area contributed by atoms with Crippen LogP contribution in [0.5, 0.6) is 0 Å². The first kappa shape index (κ1) is 14.4. The highest BCUT2D eigenvalue weighted by molar-refractivity contribution is 5.48. The largest absolute Gasteiger partial charge is 0.396 e. The van der Waals surface area contributed by atoms with Crippen LogP contribution in [-0.4, -0.2) is 23.2 Å². The molecule has 0 saturated heterocycles. The second-order valence-corrected chi connectivity index (χ2v) is 5.15. The molecule has 0 heterocycles. The average Bonchev–Trinajstić information content (AvgIpc) is 2.35. The van der Waals surface area contributed by atoms with Gasteiger partial charge in [0.25, 0.3) is 5.69 Å². The zero-order valence-corrected chi connectivity index (χ0v) is 10.8. The first-order chi connectivity index (χ1) is 8.44. The van der Waals surface area contributed by atoms with E-state index < -0.39 is 4.92 Å². The molecule has 5 nitrogen and oxygen atoms in total. The molecule has 0 amide bonds. The van der Waals surface area contributed by atoms with Crippen LogP contribution in [0.3, 0.4) is 0 Å². The molecule has 1 aromatic rings. The van der Waals surface area contributed by atoms with Crippen LogP contribution in [0.4, 0.5) is 11.4 Å². The normalized spacial score (nSPS) is 11.3. The third-order valence-electron chi connectivity index (χ3n) is 2.86. The molecule has 18 heavy (non-hydrogen) atoms. The molecule has 0 atom stereocenters. The molecular formula is C13H20N2O3. The quantitative estimate of drug-likeness (QED) is 0.578. The molecule has 0 unspecified atom stereocenters. The van der Waals surface area contributed by atoms with Crippen LogP contribution in [0.25, 0.3) is 0 Å². The highest BCUT2D eigenvalue weighted by Gasteiger charge is 2.16. The summed E-state index contributed by atoms with van der Waals surface area (Å²) in [6.45, 7) is 5.23. The van der Waals surface area contributed by atoms with Crippen molar-refractivity contribution >= 4 is 11.4 Å². The number of anilines is 1. The number of rotatable bonds is 7. The van der Waals surface area contributed by atoms with Gasteiger partial charge in [0.05, 0.1) is 4.92 Å². The van der Waals surface area contributed by atoms with Crippen molar-refractivity contribution in [3.63, 3.8) is 0 Å². The maximum Gasteiger partial charge on any atom is 0.269 e. The van der Waals surface area contributed by atoms with Gasteiger partial charge in [-0.15, -0.1) is 0 Å². The van der Waals surface area contributed by atoms with Crippen LogP contribution in [0.15, 0.2) is 24.3 Å². The maximum absolute atomic E-state index is 10.5. The number of hydrogen-bond donors (Lipinski definition) is 2. The molecule has 0 radical (unpaired) electrons. The topological polar surface area (TPSA) is 75.4 Å². The number of nitro benzene ring substituents is 1. The molecule has 0 aromatic heterocycles. The maximum atomic E-state index is 10.5. The molecule has 1 rings (SSSR count). The summed E-state index contributed by atoms with van der Waals surface area (Å²) in [6.07, 6.45) is 1.72. The summed E-state index contributed by atoms with van der Waals surface area (Å²) in [5.74, 6) is 0. The monoisotopic (exact) mass is 252 g/mol. The second-order valence-electron chi connectivity index (χ2n) is 5.15. The number of aliphatic hydroxyl groups excluding tert-OH is 1. The van der Waals surface area contributed by atoms with E-state index in [9.17, 15) is 10.1 Å². The van der Waals surface area contributed by atoms with Crippen molar-refractivity contribution in [3.05, 3.63) is 34.4 Å². The fraction of sp³-hybridized carbons (Fsp3) is 0.538. The minimum absolute atomic E-state index is 0.0878. The summed E-state index contributed by atoms with van der Waals surface area (Å²) < 4.78 is 0. The number of nitro groups is 1. The molecule has 2 N–H and O–H groups in total. The lowest BCUT2D eigenvalue weighted by atomic mass is 9.88. The molecule has 0 bridgehead atoms. The molecule has 0 saturated carbocycles. The Hall–Kier alpha value is -1.62. The third-order valence-corrected chi connectivity index (χ3v) is 2.86. The van der Waals surface area contributed by atoms with E-state index in [2.05, 4.69) is 19.2 Å². The highest BCUT2D eigenvalue weighted by Crippen LogP contribution is 2.23. The summed E-state index contributed by atoms with van der Waals surface area (Å²) in [4.78, 5) is 10.1. The van der Waals surface area contributed by atoms with Crippen molar-refractivity contribution in [2.45, 2.75) is 26.7 Å². The molecule has 5 heteroatoms. The standard InChI is InChI=1S/C13H20N2O3/c1-13(2,8-3-9-16)10-14-11-4-6-12(7-5-11)15(17)18/h4-7,14,16H,3,8-10H2,1-2H3. The summed E-state index contributed by atoms with van der Waals surface area (Å²) in [5, 5.41) is 22.6. The van der Waals surface area contributed by atoms with Gasteiger partial charge in [0.1, 0.15) is 0 Å². The zero-order chi connectivity index (χ0) is 13.6. The number of nitrogens with zero attached hydrogens (tertiary/aromatic N) is 1. The van der Waals surface area contributed by atoms with Crippen molar-refractivity contribution in [3.8, 4) is 0 Å². The van der Waals surface area contributed by atoms with E-state index in [1.165, 1.54) is 12.1 Å². The van der Waals surface area contributed by atoms with E-state index in [-0.39, 0.29) is 17.7 Å². The lowest BCUT2D eigenvalue weighted by Crippen LogP contribution is -2.23. The van der Waals surface area contributed by atoms with Gasteiger partial charge >= 0.3 is 0 Å². The minimum atomic E-state index is -0.408. The van der Waals surface area contributed by atoms with Gasteiger partial charge in [-0.1, -0.05) is 13.8 Å². The number of non-ortho nitro benzene ring substituents is 1. The Balaban J connectivity index is 2.50. The summed E-state index contributed by atoms with van der Waals surface area (Å²) in [5.41, 5.74) is 1.06. The summed E-state index contributed by atoms with van der Waals surface area (Å²) in [7, 11) is 0. The predicted molar refractivity (Wildman–Crippen MR) is 71.7 cm³/mol. The highest BCUT2D eigenvalue weighted by atomic mass is 16.6. The van der Waals surface area contributed by atoms with E-state index in [4.69, 9.17) is 5.11 Å². The number of hydrogen-bond acceptors (Lipinski definition) is 4. The van der Waals surface area contributed by atoms with Gasteiger partial charge in [-0.05, 0) is 30.4 Å². The van der Waals surface area contributed by atoms with Crippen LogP contribution < -0.4 is 5.32 Å². The Morgan fingerprint density at radius 3 is 2.44 bits per heavy atom. The van der Waals surface area contributed by atoms with E-state index in [0.717, 1.165) is 25.1 Å². The molecule has 0 aliphatic heterocycles. The van der Waals surface area contributed by atoms with Crippen LogP contribution in [0.1, 0.15) is 26.7 Å². The fourth-order valence-electron chi connectivity index (χ4n) is 1.69. The van der Waals surface area contributed by atoms with Gasteiger partial charge in [0, 0.05) is 31.0 Å². The van der Waals surface area contributed by atoms with Crippen molar-refractivity contribution in [2.75, 3.05) is 18.5 Å². The first-order valence-corrected chi connectivity index (χ1v) is 6.04. The summed E-state index contributed by atoms with van der Waals surface area (Å²) >= 11 is 0. The molecule has 0 fully saturated rings. The molecule has 0 aliphatic carbocycles. The fourth-order valence-corrected chi connectivity index (χ4v) is 1.69. The van der Waals surface area contributed by atoms with E-state index in [0.29, 0.717) is 0 Å². The third kappa shape index (κ3) is 4.71. The lowest BCUT2D eigenvalue weighted by Gasteiger charge is -2.25. The van der Waals surface area contributed by atoms with Gasteiger partial charge in [-0.3, -0.25) is 10.1 Å². The molecular weight excluding hydrogens is 232 g/mol. The Morgan fingerprint density at radius 1 is 1.33 bits per heavy atom. The van der Waals surface area contributed by atoms with Crippen LogP contribution >= 0.6 is 0 Å². The van der Waals surface area contributed by atoms with E-state index in [1.807, 2.05) is 0 Å². The van der Waals surface area contributed by atoms with Gasteiger partial charge in [0.2, 0.25) is 0 Å². The van der Waals surface area contributed by atoms with Gasteiger partial charge < -0.3 is 10.4 Å².